The van der Waals surface area contributed by atoms with E-state index >= 15 is 0 Å². The molecule has 0 aromatic heterocycles. The van der Waals surface area contributed by atoms with Crippen LogP contribution >= 0.6 is 0 Å². The van der Waals surface area contributed by atoms with Crippen LogP contribution in [-0.2, 0) is 9.84 Å². The van der Waals surface area contributed by atoms with Crippen LogP contribution in [-0.4, -0.2) is 27.0 Å². The van der Waals surface area contributed by atoms with Gasteiger partial charge in [-0.1, -0.05) is 5.92 Å². The van der Waals surface area contributed by atoms with E-state index in [4.69, 9.17) is 11.2 Å². The van der Waals surface area contributed by atoms with Gasteiger partial charge >= 0.3 is 0 Å². The normalized spacial score (nSPS) is 10.8. The van der Waals surface area contributed by atoms with E-state index in [1.165, 1.54) is 6.26 Å². The van der Waals surface area contributed by atoms with Crippen molar-refractivity contribution in [1.82, 2.24) is 0 Å². The van der Waals surface area contributed by atoms with Crippen molar-refractivity contribution in [3.05, 3.63) is 29.8 Å². The maximum absolute atomic E-state index is 10.8. The number of hydrogen-bond acceptors (Lipinski definition) is 3. The number of hydrogen-bond donors (Lipinski definition) is 0. The largest absolute Gasteiger partial charge is 0.494 e. The Morgan fingerprint density at radius 1 is 1.31 bits per heavy atom. The lowest BCUT2D eigenvalue weighted by Gasteiger charge is -2.05. The zero-order valence-corrected chi connectivity index (χ0v) is 9.96. The van der Waals surface area contributed by atoms with Gasteiger partial charge in [-0.05, 0) is 30.7 Å². The Balaban J connectivity index is 2.36. The summed E-state index contributed by atoms with van der Waals surface area (Å²) in [6.07, 6.45) is 6.92. The van der Waals surface area contributed by atoms with Crippen molar-refractivity contribution in [2.75, 3.05) is 18.6 Å². The van der Waals surface area contributed by atoms with Crippen LogP contribution in [0.2, 0.25) is 0 Å². The van der Waals surface area contributed by atoms with E-state index in [1.807, 2.05) is 0 Å². The first-order valence-corrected chi connectivity index (χ1v) is 6.94. The fraction of sp³-hybridized carbons (Fsp3) is 0.333. The summed E-state index contributed by atoms with van der Waals surface area (Å²) in [5.74, 6) is 3.36. The van der Waals surface area contributed by atoms with Gasteiger partial charge < -0.3 is 4.74 Å². The summed E-state index contributed by atoms with van der Waals surface area (Å²) < 4.78 is 27.1. The van der Waals surface area contributed by atoms with Crippen LogP contribution in [0.3, 0.4) is 0 Å². The van der Waals surface area contributed by atoms with Gasteiger partial charge in [-0.3, -0.25) is 0 Å². The summed E-state index contributed by atoms with van der Waals surface area (Å²) in [5.41, 5.74) is 0.795. The monoisotopic (exact) mass is 238 g/mol. The molecular weight excluding hydrogens is 224 g/mol. The predicted molar refractivity (Wildman–Crippen MR) is 64.2 cm³/mol. The molecule has 0 aliphatic heterocycles. The standard InChI is InChI=1S/C12H14O3S/c1-3-11-5-7-12(8-6-11)15-9-4-10-16(2,13)14/h1,5-8H,4,9-10H2,2H3. The van der Waals surface area contributed by atoms with Gasteiger partial charge in [0, 0.05) is 11.8 Å². The molecule has 0 unspecified atom stereocenters. The molecule has 0 bridgehead atoms. The van der Waals surface area contributed by atoms with Crippen molar-refractivity contribution in [1.29, 1.82) is 0 Å². The Bertz CT molecular complexity index is 466. The second-order valence-electron chi connectivity index (χ2n) is 3.50. The first kappa shape index (κ1) is 12.6. The van der Waals surface area contributed by atoms with E-state index in [9.17, 15) is 8.42 Å². The third-order valence-corrected chi connectivity index (χ3v) is 2.98. The van der Waals surface area contributed by atoms with Crippen LogP contribution in [0.25, 0.3) is 0 Å². The number of ether oxygens (including phenoxy) is 1. The summed E-state index contributed by atoms with van der Waals surface area (Å²) in [6.45, 7) is 0.391. The van der Waals surface area contributed by atoms with Crippen LogP contribution in [0.4, 0.5) is 0 Å². The molecule has 1 aromatic carbocycles. The van der Waals surface area contributed by atoms with E-state index < -0.39 is 9.84 Å². The van der Waals surface area contributed by atoms with Gasteiger partial charge in [0.2, 0.25) is 0 Å². The molecule has 86 valence electrons. The molecule has 0 heterocycles. The van der Waals surface area contributed by atoms with Crippen LogP contribution in [0.1, 0.15) is 12.0 Å². The third kappa shape index (κ3) is 4.85. The molecule has 0 atom stereocenters. The second kappa shape index (κ2) is 5.57. The molecule has 0 spiro atoms. The molecule has 0 amide bonds. The average Bonchev–Trinajstić information content (AvgIpc) is 2.24. The average molecular weight is 238 g/mol. The molecule has 0 radical (unpaired) electrons. The molecule has 1 rings (SSSR count). The fourth-order valence-corrected chi connectivity index (χ4v) is 1.80. The summed E-state index contributed by atoms with van der Waals surface area (Å²) in [6, 6.07) is 7.11. The number of terminal acetylenes is 1. The summed E-state index contributed by atoms with van der Waals surface area (Å²) in [5, 5.41) is 0. The van der Waals surface area contributed by atoms with Crippen molar-refractivity contribution >= 4 is 9.84 Å². The highest BCUT2D eigenvalue weighted by Gasteiger charge is 2.01. The third-order valence-electron chi connectivity index (χ3n) is 1.95. The maximum Gasteiger partial charge on any atom is 0.147 e. The van der Waals surface area contributed by atoms with E-state index in [1.54, 1.807) is 24.3 Å². The summed E-state index contributed by atoms with van der Waals surface area (Å²) >= 11 is 0. The molecule has 0 aliphatic carbocycles. The van der Waals surface area contributed by atoms with E-state index in [2.05, 4.69) is 5.92 Å². The molecule has 0 saturated carbocycles. The quantitative estimate of drug-likeness (QED) is 0.576. The highest BCUT2D eigenvalue weighted by Crippen LogP contribution is 2.11. The number of benzene rings is 1. The highest BCUT2D eigenvalue weighted by atomic mass is 32.2. The maximum atomic E-state index is 10.8. The van der Waals surface area contributed by atoms with Crippen molar-refractivity contribution in [3.63, 3.8) is 0 Å². The van der Waals surface area contributed by atoms with Crippen molar-refractivity contribution in [2.24, 2.45) is 0 Å². The zero-order chi connectivity index (χ0) is 12.0. The molecule has 1 aromatic rings. The first-order valence-electron chi connectivity index (χ1n) is 4.88. The van der Waals surface area contributed by atoms with Crippen LogP contribution in [0.15, 0.2) is 24.3 Å². The number of sulfone groups is 1. The minimum absolute atomic E-state index is 0.148. The smallest absolute Gasteiger partial charge is 0.147 e. The molecule has 0 aliphatic rings. The van der Waals surface area contributed by atoms with Gasteiger partial charge in [-0.15, -0.1) is 6.42 Å². The van der Waals surface area contributed by atoms with Crippen LogP contribution in [0, 0.1) is 12.3 Å². The SMILES string of the molecule is C#Cc1ccc(OCCCS(C)(=O)=O)cc1. The summed E-state index contributed by atoms with van der Waals surface area (Å²) in [7, 11) is -2.90. The van der Waals surface area contributed by atoms with Gasteiger partial charge in [-0.2, -0.15) is 0 Å². The van der Waals surface area contributed by atoms with Crippen LogP contribution < -0.4 is 4.74 Å². The highest BCUT2D eigenvalue weighted by molar-refractivity contribution is 7.90. The Morgan fingerprint density at radius 2 is 1.94 bits per heavy atom. The topological polar surface area (TPSA) is 43.4 Å². The first-order chi connectivity index (χ1) is 7.51. The zero-order valence-electron chi connectivity index (χ0n) is 9.14. The van der Waals surface area contributed by atoms with E-state index in [0.717, 1.165) is 5.56 Å². The molecule has 0 fully saturated rings. The van der Waals surface area contributed by atoms with Gasteiger partial charge in [0.15, 0.2) is 0 Å². The molecule has 0 N–H and O–H groups in total. The van der Waals surface area contributed by atoms with E-state index in [0.29, 0.717) is 18.8 Å². The van der Waals surface area contributed by atoms with E-state index in [-0.39, 0.29) is 5.75 Å². The minimum Gasteiger partial charge on any atom is -0.494 e. The summed E-state index contributed by atoms with van der Waals surface area (Å²) in [4.78, 5) is 0. The fourth-order valence-electron chi connectivity index (χ4n) is 1.16. The Hall–Kier alpha value is -1.47. The molecular formula is C12H14O3S. The lowest BCUT2D eigenvalue weighted by molar-refractivity contribution is 0.317. The van der Waals surface area contributed by atoms with Gasteiger partial charge in [-0.25, -0.2) is 8.42 Å². The lowest BCUT2D eigenvalue weighted by atomic mass is 10.2. The molecule has 3 nitrogen and oxygen atoms in total. The Labute approximate surface area is 96.4 Å². The second-order valence-corrected chi connectivity index (χ2v) is 5.76. The molecule has 4 heteroatoms. The van der Waals surface area contributed by atoms with Crippen molar-refractivity contribution in [3.8, 4) is 18.1 Å². The Morgan fingerprint density at radius 3 is 2.44 bits per heavy atom. The van der Waals surface area contributed by atoms with Crippen LogP contribution in [0.5, 0.6) is 5.75 Å². The Kier molecular flexibility index (Phi) is 4.39. The van der Waals surface area contributed by atoms with Crippen molar-refractivity contribution < 1.29 is 13.2 Å². The minimum atomic E-state index is -2.90. The predicted octanol–water partition coefficient (Wildman–Crippen LogP) is 1.48. The lowest BCUT2D eigenvalue weighted by Crippen LogP contribution is -2.07. The van der Waals surface area contributed by atoms with Gasteiger partial charge in [0.05, 0.1) is 12.4 Å². The molecule has 16 heavy (non-hydrogen) atoms. The van der Waals surface area contributed by atoms with Crippen molar-refractivity contribution in [2.45, 2.75) is 6.42 Å². The van der Waals surface area contributed by atoms with Gasteiger partial charge in [0.25, 0.3) is 0 Å². The van der Waals surface area contributed by atoms with Gasteiger partial charge in [0.1, 0.15) is 15.6 Å². The number of rotatable bonds is 5. The molecule has 0 saturated heterocycles.